The number of nitrogens with one attached hydrogen (secondary N) is 2. The molecule has 0 spiro atoms. The van der Waals surface area contributed by atoms with Gasteiger partial charge in [-0.25, -0.2) is 13.6 Å². The third-order valence-electron chi connectivity index (χ3n) is 4.22. The highest BCUT2D eigenvalue weighted by Crippen LogP contribution is 2.32. The quantitative estimate of drug-likeness (QED) is 0.834. The van der Waals surface area contributed by atoms with E-state index in [9.17, 15) is 23.2 Å². The topological polar surface area (TPSA) is 75.3 Å². The molecule has 1 saturated heterocycles. The molecule has 0 saturated carbocycles. The number of imide groups is 2. The van der Waals surface area contributed by atoms with E-state index in [1.54, 1.807) is 12.1 Å². The summed E-state index contributed by atoms with van der Waals surface area (Å²) in [7, 11) is 0. The Kier molecular flexibility index (Phi) is 4.31. The van der Waals surface area contributed by atoms with Crippen LogP contribution in [-0.2, 0) is 22.4 Å². The molecule has 7 heteroatoms. The van der Waals surface area contributed by atoms with Crippen molar-refractivity contribution in [3.05, 3.63) is 71.3 Å². The van der Waals surface area contributed by atoms with Gasteiger partial charge < -0.3 is 0 Å². The van der Waals surface area contributed by atoms with Crippen molar-refractivity contribution >= 4 is 17.8 Å². The Balaban J connectivity index is 2.06. The van der Waals surface area contributed by atoms with Crippen molar-refractivity contribution in [1.82, 2.24) is 10.6 Å². The van der Waals surface area contributed by atoms with Crippen LogP contribution in [0.15, 0.2) is 48.5 Å². The largest absolute Gasteiger partial charge is 0.328 e. The Morgan fingerprint density at radius 3 is 1.52 bits per heavy atom. The van der Waals surface area contributed by atoms with Gasteiger partial charge in [0.05, 0.1) is 0 Å². The Morgan fingerprint density at radius 2 is 1.12 bits per heavy atom. The second-order valence-corrected chi connectivity index (χ2v) is 5.86. The lowest BCUT2D eigenvalue weighted by molar-refractivity contribution is -0.144. The van der Waals surface area contributed by atoms with Crippen molar-refractivity contribution in [3.8, 4) is 0 Å². The molecule has 1 heterocycles. The molecule has 0 atom stereocenters. The lowest BCUT2D eigenvalue weighted by Gasteiger charge is -2.34. The number of rotatable bonds is 4. The number of hydrogen-bond acceptors (Lipinski definition) is 3. The first-order chi connectivity index (χ1) is 11.9. The number of halogens is 2. The first kappa shape index (κ1) is 16.8. The fourth-order valence-electron chi connectivity index (χ4n) is 2.90. The Bertz CT molecular complexity index is 797. The smallest absolute Gasteiger partial charge is 0.277 e. The van der Waals surface area contributed by atoms with Gasteiger partial charge in [-0.15, -0.1) is 0 Å². The molecule has 5 nitrogen and oxygen atoms in total. The molecule has 0 bridgehead atoms. The number of hydrogen-bond donors (Lipinski definition) is 2. The summed E-state index contributed by atoms with van der Waals surface area (Å²) in [6.07, 6.45) is -0.613. The van der Waals surface area contributed by atoms with Gasteiger partial charge in [0, 0.05) is 0 Å². The predicted molar refractivity (Wildman–Crippen MR) is 84.3 cm³/mol. The molecule has 0 radical (unpaired) electrons. The van der Waals surface area contributed by atoms with Gasteiger partial charge >= 0.3 is 6.03 Å². The molecular weight excluding hydrogens is 330 g/mol. The summed E-state index contributed by atoms with van der Waals surface area (Å²) in [5.41, 5.74) is -1.59. The van der Waals surface area contributed by atoms with Crippen LogP contribution in [0.25, 0.3) is 0 Å². The van der Waals surface area contributed by atoms with Gasteiger partial charge in [-0.2, -0.15) is 0 Å². The van der Waals surface area contributed by atoms with E-state index in [1.165, 1.54) is 36.4 Å². The highest BCUT2D eigenvalue weighted by molar-refractivity contribution is 6.19. The minimum atomic E-state index is -1.84. The van der Waals surface area contributed by atoms with E-state index in [0.29, 0.717) is 0 Å². The van der Waals surface area contributed by atoms with Crippen molar-refractivity contribution in [2.75, 3.05) is 0 Å². The van der Waals surface area contributed by atoms with Gasteiger partial charge in [0.2, 0.25) is 11.8 Å². The standard InChI is InChI=1S/C18H14F2N2O3/c19-13-7-3-1-5-11(13)9-18(10-12-6-2-4-8-14(12)20)15(23)21-17(25)22-16(18)24/h1-8H,9-10H2,(H2,21,22,23,24,25). The summed E-state index contributed by atoms with van der Waals surface area (Å²) in [4.78, 5) is 36.5. The van der Waals surface area contributed by atoms with Crippen LogP contribution in [0.4, 0.5) is 13.6 Å². The van der Waals surface area contributed by atoms with Gasteiger partial charge in [0.15, 0.2) is 0 Å². The SMILES string of the molecule is O=C1NC(=O)C(Cc2ccccc2F)(Cc2ccccc2F)C(=O)N1. The number of urea groups is 1. The third kappa shape index (κ3) is 3.13. The molecular formula is C18H14F2N2O3. The molecule has 2 aromatic rings. The maximum Gasteiger partial charge on any atom is 0.328 e. The molecule has 0 aliphatic carbocycles. The lowest BCUT2D eigenvalue weighted by Crippen LogP contribution is -2.64. The van der Waals surface area contributed by atoms with Gasteiger partial charge in [-0.05, 0) is 36.1 Å². The lowest BCUT2D eigenvalue weighted by atomic mass is 9.73. The third-order valence-corrected chi connectivity index (χ3v) is 4.22. The number of amides is 4. The van der Waals surface area contributed by atoms with Crippen LogP contribution in [0.1, 0.15) is 11.1 Å². The zero-order chi connectivity index (χ0) is 18.0. The molecule has 1 aliphatic rings. The van der Waals surface area contributed by atoms with Gasteiger partial charge in [-0.3, -0.25) is 20.2 Å². The second kappa shape index (κ2) is 6.43. The molecule has 3 rings (SSSR count). The van der Waals surface area contributed by atoms with Crippen molar-refractivity contribution in [3.63, 3.8) is 0 Å². The van der Waals surface area contributed by atoms with Crippen LogP contribution in [0.2, 0.25) is 0 Å². The van der Waals surface area contributed by atoms with E-state index >= 15 is 0 Å². The summed E-state index contributed by atoms with van der Waals surface area (Å²) in [6.45, 7) is 0. The van der Waals surface area contributed by atoms with E-state index in [2.05, 4.69) is 0 Å². The molecule has 2 N–H and O–H groups in total. The second-order valence-electron chi connectivity index (χ2n) is 5.86. The average molecular weight is 344 g/mol. The molecule has 4 amide bonds. The van der Waals surface area contributed by atoms with E-state index in [1.807, 2.05) is 10.6 Å². The maximum atomic E-state index is 14.1. The Labute approximate surface area is 142 Å². The number of carbonyl (C=O) groups is 3. The number of barbiturate groups is 1. The summed E-state index contributed by atoms with van der Waals surface area (Å²) in [5.74, 6) is -2.94. The van der Waals surface area contributed by atoms with E-state index in [-0.39, 0.29) is 24.0 Å². The average Bonchev–Trinajstić information content (AvgIpc) is 2.56. The van der Waals surface area contributed by atoms with Crippen LogP contribution in [0, 0.1) is 17.0 Å². The monoisotopic (exact) mass is 344 g/mol. The van der Waals surface area contributed by atoms with Gasteiger partial charge in [-0.1, -0.05) is 36.4 Å². The maximum absolute atomic E-state index is 14.1. The Morgan fingerprint density at radius 1 is 0.720 bits per heavy atom. The molecule has 0 aromatic heterocycles. The van der Waals surface area contributed by atoms with E-state index in [0.717, 1.165) is 0 Å². The van der Waals surface area contributed by atoms with Crippen LogP contribution in [0.5, 0.6) is 0 Å². The highest BCUT2D eigenvalue weighted by atomic mass is 19.1. The fraction of sp³-hybridized carbons (Fsp3) is 0.167. The van der Waals surface area contributed by atoms with Crippen molar-refractivity contribution < 1.29 is 23.2 Å². The van der Waals surface area contributed by atoms with Crippen molar-refractivity contribution in [2.45, 2.75) is 12.8 Å². The van der Waals surface area contributed by atoms with E-state index < -0.39 is 34.9 Å². The van der Waals surface area contributed by atoms with Gasteiger partial charge in [0.25, 0.3) is 0 Å². The fourth-order valence-corrected chi connectivity index (χ4v) is 2.90. The molecule has 1 fully saturated rings. The van der Waals surface area contributed by atoms with Gasteiger partial charge in [0.1, 0.15) is 17.0 Å². The van der Waals surface area contributed by atoms with Crippen LogP contribution < -0.4 is 10.6 Å². The summed E-state index contributed by atoms with van der Waals surface area (Å²) >= 11 is 0. The highest BCUT2D eigenvalue weighted by Gasteiger charge is 2.50. The van der Waals surface area contributed by atoms with Crippen LogP contribution in [-0.4, -0.2) is 17.8 Å². The first-order valence-corrected chi connectivity index (χ1v) is 7.56. The first-order valence-electron chi connectivity index (χ1n) is 7.56. The molecule has 2 aromatic carbocycles. The minimum Gasteiger partial charge on any atom is -0.277 e. The van der Waals surface area contributed by atoms with Crippen molar-refractivity contribution in [1.29, 1.82) is 0 Å². The molecule has 128 valence electrons. The molecule has 0 unspecified atom stereocenters. The predicted octanol–water partition coefficient (Wildman–Crippen LogP) is 2.10. The summed E-state index contributed by atoms with van der Waals surface area (Å²) < 4.78 is 28.1. The number of carbonyl (C=O) groups excluding carboxylic acids is 3. The number of benzene rings is 2. The molecule has 25 heavy (non-hydrogen) atoms. The van der Waals surface area contributed by atoms with E-state index in [4.69, 9.17) is 0 Å². The zero-order valence-corrected chi connectivity index (χ0v) is 13.0. The normalized spacial score (nSPS) is 16.3. The molecule has 1 aliphatic heterocycles. The van der Waals surface area contributed by atoms with Crippen molar-refractivity contribution in [2.24, 2.45) is 5.41 Å². The van der Waals surface area contributed by atoms with Crippen LogP contribution in [0.3, 0.4) is 0 Å². The van der Waals surface area contributed by atoms with Crippen LogP contribution >= 0.6 is 0 Å². The minimum absolute atomic E-state index is 0.124. The Hall–Kier alpha value is -3.09. The zero-order valence-electron chi connectivity index (χ0n) is 13.0. The summed E-state index contributed by atoms with van der Waals surface area (Å²) in [5, 5.41) is 4.05. The summed E-state index contributed by atoms with van der Waals surface area (Å²) in [6, 6.07) is 10.4.